The van der Waals surface area contributed by atoms with E-state index in [1.165, 1.54) is 16.7 Å². The lowest BCUT2D eigenvalue weighted by Gasteiger charge is -2.15. The van der Waals surface area contributed by atoms with Crippen molar-refractivity contribution in [3.63, 3.8) is 0 Å². The Labute approximate surface area is 185 Å². The van der Waals surface area contributed by atoms with E-state index in [0.717, 1.165) is 5.56 Å². The molecule has 1 atom stereocenters. The molecule has 7 nitrogen and oxygen atoms in total. The lowest BCUT2D eigenvalue weighted by molar-refractivity contribution is -0.145. The van der Waals surface area contributed by atoms with Crippen molar-refractivity contribution in [3.05, 3.63) is 58.5 Å². The number of benzene rings is 2. The Balaban J connectivity index is 1.94. The molecule has 3 rings (SSSR count). The molecule has 1 amide bonds. The molecule has 1 saturated heterocycles. The van der Waals surface area contributed by atoms with Crippen LogP contribution in [0, 0.1) is 6.92 Å². The predicted molar refractivity (Wildman–Crippen MR) is 122 cm³/mol. The largest absolute Gasteiger partial charge is 0.506 e. The molecule has 31 heavy (non-hydrogen) atoms. The van der Waals surface area contributed by atoms with Crippen LogP contribution in [-0.4, -0.2) is 44.8 Å². The fourth-order valence-electron chi connectivity index (χ4n) is 3.01. The lowest BCUT2D eigenvalue weighted by atomic mass is 10.1. The van der Waals surface area contributed by atoms with Gasteiger partial charge in [-0.15, -0.1) is 0 Å². The number of phenols is 1. The number of amidine groups is 1. The van der Waals surface area contributed by atoms with E-state index in [0.29, 0.717) is 40.0 Å². The van der Waals surface area contributed by atoms with Crippen LogP contribution in [0.5, 0.6) is 11.5 Å². The molecule has 1 unspecified atom stereocenters. The van der Waals surface area contributed by atoms with Crippen LogP contribution in [0.4, 0.5) is 5.69 Å². The normalized spacial score (nSPS) is 17.4. The second-order valence-corrected chi connectivity index (χ2v) is 7.95. The van der Waals surface area contributed by atoms with Crippen molar-refractivity contribution in [3.8, 4) is 11.5 Å². The van der Waals surface area contributed by atoms with Gasteiger partial charge in [-0.2, -0.15) is 0 Å². The molecule has 0 aromatic heterocycles. The van der Waals surface area contributed by atoms with Gasteiger partial charge in [0, 0.05) is 12.1 Å². The minimum Gasteiger partial charge on any atom is -0.506 e. The van der Waals surface area contributed by atoms with Gasteiger partial charge < -0.3 is 14.9 Å². The first kappa shape index (κ1) is 22.4. The van der Waals surface area contributed by atoms with E-state index in [2.05, 4.69) is 4.99 Å². The van der Waals surface area contributed by atoms with Crippen molar-refractivity contribution in [1.82, 2.24) is 4.90 Å². The number of phenolic OH excluding ortho intramolecular Hbond substituents is 1. The monoisotopic (exact) mass is 440 g/mol. The number of hydrogen-bond acceptors (Lipinski definition) is 6. The van der Waals surface area contributed by atoms with E-state index in [1.54, 1.807) is 49.4 Å². The van der Waals surface area contributed by atoms with Gasteiger partial charge in [-0.25, -0.2) is 9.79 Å². The van der Waals surface area contributed by atoms with Gasteiger partial charge >= 0.3 is 5.97 Å². The van der Waals surface area contributed by atoms with Crippen LogP contribution in [0.25, 0.3) is 6.08 Å². The van der Waals surface area contributed by atoms with Gasteiger partial charge in [-0.3, -0.25) is 9.69 Å². The number of aliphatic carboxylic acids is 1. The van der Waals surface area contributed by atoms with Gasteiger partial charge in [0.05, 0.1) is 4.91 Å². The molecule has 2 aromatic rings. The molecule has 0 radical (unpaired) electrons. The molecule has 8 heteroatoms. The topological polar surface area (TPSA) is 99.4 Å². The number of amides is 1. The Morgan fingerprint density at radius 2 is 2.00 bits per heavy atom. The molecule has 2 N–H and O–H groups in total. The summed E-state index contributed by atoms with van der Waals surface area (Å²) in [5.74, 6) is -0.812. The third-order valence-corrected chi connectivity index (χ3v) is 5.68. The second kappa shape index (κ2) is 9.70. The smallest absolute Gasteiger partial charge is 0.344 e. The molecule has 2 aromatic carbocycles. The SMILES string of the molecule is CCC(Oc1ccccc1/C=C1\SC(=Nc2ccc(C)cc2O)N(CC)C1=O)C(=O)O. The first-order chi connectivity index (χ1) is 14.8. The molecule has 0 saturated carbocycles. The van der Waals surface area contributed by atoms with E-state index in [1.807, 2.05) is 19.9 Å². The number of ether oxygens (including phenoxy) is 1. The Hall–Kier alpha value is -3.26. The maximum absolute atomic E-state index is 12.9. The molecule has 1 aliphatic heterocycles. The minimum atomic E-state index is -1.04. The number of aryl methyl sites for hydroxylation is 1. The molecule has 0 bridgehead atoms. The highest BCUT2D eigenvalue weighted by atomic mass is 32.2. The highest BCUT2D eigenvalue weighted by Gasteiger charge is 2.32. The number of para-hydroxylation sites is 1. The number of aromatic hydroxyl groups is 1. The van der Waals surface area contributed by atoms with Crippen molar-refractivity contribution < 1.29 is 24.5 Å². The number of likely N-dealkylation sites (N-methyl/N-ethyl adjacent to an activating group) is 1. The summed E-state index contributed by atoms with van der Waals surface area (Å²) in [6, 6.07) is 12.2. The van der Waals surface area contributed by atoms with E-state index < -0.39 is 12.1 Å². The number of hydrogen-bond donors (Lipinski definition) is 2. The molecule has 1 heterocycles. The standard InChI is InChI=1S/C23H24N2O5S/c1-4-18(22(28)29)30-19-9-7-6-8-15(19)13-20-21(27)25(5-2)23(31-20)24-16-11-10-14(3)12-17(16)26/h6-13,18,26H,4-5H2,1-3H3,(H,28,29)/b20-13-,24-23?. The maximum Gasteiger partial charge on any atom is 0.344 e. The first-order valence-corrected chi connectivity index (χ1v) is 10.7. The van der Waals surface area contributed by atoms with Gasteiger partial charge in [-0.05, 0) is 61.9 Å². The Bertz CT molecular complexity index is 1060. The number of carboxylic acids is 1. The van der Waals surface area contributed by atoms with Crippen LogP contribution in [0.15, 0.2) is 52.4 Å². The van der Waals surface area contributed by atoms with Crippen LogP contribution >= 0.6 is 11.8 Å². The average Bonchev–Trinajstić information content (AvgIpc) is 3.03. The van der Waals surface area contributed by atoms with E-state index in [4.69, 9.17) is 4.74 Å². The van der Waals surface area contributed by atoms with Crippen LogP contribution in [0.3, 0.4) is 0 Å². The number of carbonyl (C=O) groups is 2. The minimum absolute atomic E-state index is 0.0482. The van der Waals surface area contributed by atoms with Gasteiger partial charge in [0.2, 0.25) is 0 Å². The summed E-state index contributed by atoms with van der Waals surface area (Å²) in [6.07, 6.45) is 1.02. The molecular weight excluding hydrogens is 416 g/mol. The Morgan fingerprint density at radius 1 is 1.26 bits per heavy atom. The zero-order valence-electron chi connectivity index (χ0n) is 17.5. The third kappa shape index (κ3) is 5.08. The van der Waals surface area contributed by atoms with Gasteiger partial charge in [-0.1, -0.05) is 31.2 Å². The fourth-order valence-corrected chi connectivity index (χ4v) is 4.06. The molecule has 1 fully saturated rings. The highest BCUT2D eigenvalue weighted by molar-refractivity contribution is 8.18. The number of nitrogens with zero attached hydrogens (tertiary/aromatic N) is 2. The zero-order valence-corrected chi connectivity index (χ0v) is 18.3. The van der Waals surface area contributed by atoms with Crippen LogP contribution in [-0.2, 0) is 9.59 Å². The number of carboxylic acid groups (broad SMARTS) is 1. The summed E-state index contributed by atoms with van der Waals surface area (Å²) in [4.78, 5) is 30.7. The first-order valence-electron chi connectivity index (χ1n) is 9.92. The highest BCUT2D eigenvalue weighted by Crippen LogP contribution is 2.37. The van der Waals surface area contributed by atoms with Crippen molar-refractivity contribution in [2.24, 2.45) is 4.99 Å². The van der Waals surface area contributed by atoms with Crippen molar-refractivity contribution >= 4 is 40.6 Å². The number of carbonyl (C=O) groups excluding carboxylic acids is 1. The number of thioether (sulfide) groups is 1. The molecule has 0 spiro atoms. The quantitative estimate of drug-likeness (QED) is 0.612. The summed E-state index contributed by atoms with van der Waals surface area (Å²) in [5, 5.41) is 19.9. The Morgan fingerprint density at radius 3 is 2.65 bits per heavy atom. The van der Waals surface area contributed by atoms with Crippen molar-refractivity contribution in [2.75, 3.05) is 6.54 Å². The van der Waals surface area contributed by atoms with Crippen molar-refractivity contribution in [2.45, 2.75) is 33.3 Å². The summed E-state index contributed by atoms with van der Waals surface area (Å²) in [6.45, 7) is 5.88. The molecule has 0 aliphatic carbocycles. The van der Waals surface area contributed by atoms with Crippen LogP contribution in [0.1, 0.15) is 31.4 Å². The van der Waals surface area contributed by atoms with Crippen LogP contribution in [0.2, 0.25) is 0 Å². The van der Waals surface area contributed by atoms with E-state index in [-0.39, 0.29) is 11.7 Å². The molecule has 162 valence electrons. The fraction of sp³-hybridized carbons (Fsp3) is 0.261. The second-order valence-electron chi connectivity index (χ2n) is 6.94. The van der Waals surface area contributed by atoms with Gasteiger partial charge in [0.15, 0.2) is 11.3 Å². The van der Waals surface area contributed by atoms with Crippen molar-refractivity contribution in [1.29, 1.82) is 0 Å². The summed E-state index contributed by atoms with van der Waals surface area (Å²) in [5.41, 5.74) is 1.90. The summed E-state index contributed by atoms with van der Waals surface area (Å²) < 4.78 is 5.66. The van der Waals surface area contributed by atoms with E-state index >= 15 is 0 Å². The van der Waals surface area contributed by atoms with Gasteiger partial charge in [0.25, 0.3) is 5.91 Å². The lowest BCUT2D eigenvalue weighted by Crippen LogP contribution is -2.28. The molecule has 1 aliphatic rings. The Kier molecular flexibility index (Phi) is 7.02. The number of aliphatic imine (C=N–C) groups is 1. The number of rotatable bonds is 7. The summed E-state index contributed by atoms with van der Waals surface area (Å²) >= 11 is 1.20. The summed E-state index contributed by atoms with van der Waals surface area (Å²) in [7, 11) is 0. The zero-order chi connectivity index (χ0) is 22.5. The third-order valence-electron chi connectivity index (χ3n) is 4.67. The van der Waals surface area contributed by atoms with E-state index in [9.17, 15) is 19.8 Å². The maximum atomic E-state index is 12.9. The van der Waals surface area contributed by atoms with Crippen LogP contribution < -0.4 is 4.74 Å². The average molecular weight is 441 g/mol. The van der Waals surface area contributed by atoms with Gasteiger partial charge in [0.1, 0.15) is 17.2 Å². The predicted octanol–water partition coefficient (Wildman–Crippen LogP) is 4.57. The molecular formula is C23H24N2O5S.